The van der Waals surface area contributed by atoms with E-state index in [1.165, 1.54) is 0 Å². The summed E-state index contributed by atoms with van der Waals surface area (Å²) in [5, 5.41) is 0. The second-order valence-electron chi connectivity index (χ2n) is 5.39. The van der Waals surface area contributed by atoms with Gasteiger partial charge in [-0.2, -0.15) is 4.31 Å². The van der Waals surface area contributed by atoms with Gasteiger partial charge in [0.05, 0.1) is 4.90 Å². The zero-order valence-electron chi connectivity index (χ0n) is 12.6. The van der Waals surface area contributed by atoms with Crippen LogP contribution in [-0.2, 0) is 10.0 Å². The molecule has 0 spiro atoms. The summed E-state index contributed by atoms with van der Waals surface area (Å²) in [6, 6.07) is 9.14. The largest absolute Gasteiger partial charge is 0.330 e. The van der Waals surface area contributed by atoms with Crippen LogP contribution in [0.25, 0.3) is 0 Å². The first-order chi connectivity index (χ1) is 10.1. The molecule has 6 heteroatoms. The van der Waals surface area contributed by atoms with Gasteiger partial charge in [0.1, 0.15) is 0 Å². The highest BCUT2D eigenvalue weighted by Gasteiger charge is 2.30. The van der Waals surface area contributed by atoms with Crippen LogP contribution in [0.5, 0.6) is 0 Å². The summed E-state index contributed by atoms with van der Waals surface area (Å²) >= 11 is 0. The summed E-state index contributed by atoms with van der Waals surface area (Å²) in [7, 11) is -3.35. The first-order valence-corrected chi connectivity index (χ1v) is 9.03. The van der Waals surface area contributed by atoms with Crippen molar-refractivity contribution in [1.82, 2.24) is 9.21 Å². The number of sulfonamides is 1. The Labute approximate surface area is 127 Å². The molecule has 2 rings (SSSR count). The molecule has 1 aliphatic heterocycles. The smallest absolute Gasteiger partial charge is 0.243 e. The lowest BCUT2D eigenvalue weighted by Gasteiger charge is -2.38. The first-order valence-electron chi connectivity index (χ1n) is 7.59. The molecule has 1 aromatic carbocycles. The van der Waals surface area contributed by atoms with Gasteiger partial charge in [-0.1, -0.05) is 25.1 Å². The Morgan fingerprint density at radius 3 is 2.29 bits per heavy atom. The van der Waals surface area contributed by atoms with Gasteiger partial charge < -0.3 is 5.73 Å². The van der Waals surface area contributed by atoms with E-state index in [4.69, 9.17) is 5.73 Å². The quantitative estimate of drug-likeness (QED) is 0.855. The molecule has 0 bridgehead atoms. The van der Waals surface area contributed by atoms with Crippen molar-refractivity contribution in [3.8, 4) is 0 Å². The van der Waals surface area contributed by atoms with Crippen LogP contribution in [0, 0.1) is 0 Å². The number of hydrogen-bond acceptors (Lipinski definition) is 4. The topological polar surface area (TPSA) is 66.6 Å². The van der Waals surface area contributed by atoms with Crippen molar-refractivity contribution in [2.24, 2.45) is 5.73 Å². The summed E-state index contributed by atoms with van der Waals surface area (Å²) in [6.45, 7) is 5.51. The molecule has 1 heterocycles. The van der Waals surface area contributed by atoms with E-state index in [9.17, 15) is 8.42 Å². The Bertz CT molecular complexity index is 525. The summed E-state index contributed by atoms with van der Waals surface area (Å²) in [5.74, 6) is 0. The number of nitrogens with two attached hydrogens (primary N) is 1. The van der Waals surface area contributed by atoms with Crippen LogP contribution in [0.15, 0.2) is 35.2 Å². The van der Waals surface area contributed by atoms with Gasteiger partial charge in [-0.15, -0.1) is 0 Å². The van der Waals surface area contributed by atoms with Crippen LogP contribution >= 0.6 is 0 Å². The van der Waals surface area contributed by atoms with Gasteiger partial charge in [0.2, 0.25) is 10.0 Å². The maximum Gasteiger partial charge on any atom is 0.243 e. The first kappa shape index (κ1) is 16.4. The molecule has 1 atom stereocenters. The molecule has 1 aliphatic rings. The van der Waals surface area contributed by atoms with Crippen molar-refractivity contribution in [3.63, 3.8) is 0 Å². The molecule has 2 N–H and O–H groups in total. The third-order valence-electron chi connectivity index (χ3n) is 4.14. The van der Waals surface area contributed by atoms with E-state index in [1.54, 1.807) is 28.6 Å². The van der Waals surface area contributed by atoms with Gasteiger partial charge in [-0.05, 0) is 31.5 Å². The van der Waals surface area contributed by atoms with Gasteiger partial charge in [0, 0.05) is 32.2 Å². The fourth-order valence-corrected chi connectivity index (χ4v) is 4.33. The number of nitrogens with zero attached hydrogens (tertiary/aromatic N) is 2. The monoisotopic (exact) mass is 311 g/mol. The molecule has 1 fully saturated rings. The molecule has 0 saturated carbocycles. The lowest BCUT2D eigenvalue weighted by atomic mass is 10.1. The molecule has 21 heavy (non-hydrogen) atoms. The molecule has 1 aromatic rings. The number of rotatable bonds is 6. The molecule has 118 valence electrons. The fourth-order valence-electron chi connectivity index (χ4n) is 2.89. The van der Waals surface area contributed by atoms with Crippen molar-refractivity contribution in [2.45, 2.75) is 30.7 Å². The van der Waals surface area contributed by atoms with Crippen molar-refractivity contribution in [1.29, 1.82) is 0 Å². The minimum atomic E-state index is -3.35. The Hall–Kier alpha value is -0.950. The van der Waals surface area contributed by atoms with E-state index in [0.29, 0.717) is 30.6 Å². The van der Waals surface area contributed by atoms with Crippen molar-refractivity contribution in [3.05, 3.63) is 30.3 Å². The number of benzene rings is 1. The van der Waals surface area contributed by atoms with Crippen molar-refractivity contribution in [2.75, 3.05) is 32.7 Å². The summed E-state index contributed by atoms with van der Waals surface area (Å²) in [5.41, 5.74) is 5.65. The highest BCUT2D eigenvalue weighted by Crippen LogP contribution is 2.19. The molecule has 0 aromatic heterocycles. The maximum absolute atomic E-state index is 12.5. The maximum atomic E-state index is 12.5. The molecule has 1 saturated heterocycles. The second kappa shape index (κ2) is 7.35. The van der Waals surface area contributed by atoms with Gasteiger partial charge in [-0.3, -0.25) is 4.90 Å². The number of piperazine rings is 1. The van der Waals surface area contributed by atoms with Crippen LogP contribution in [0.1, 0.15) is 19.8 Å². The molecule has 0 amide bonds. The molecule has 1 unspecified atom stereocenters. The van der Waals surface area contributed by atoms with E-state index >= 15 is 0 Å². The highest BCUT2D eigenvalue weighted by atomic mass is 32.2. The predicted octanol–water partition coefficient (Wildman–Crippen LogP) is 1.12. The summed E-state index contributed by atoms with van der Waals surface area (Å²) in [6.07, 6.45) is 2.03. The highest BCUT2D eigenvalue weighted by molar-refractivity contribution is 7.89. The van der Waals surface area contributed by atoms with E-state index < -0.39 is 10.0 Å². The van der Waals surface area contributed by atoms with Crippen LogP contribution in [0.4, 0.5) is 0 Å². The standard InChI is InChI=1S/C15H25N3O2S/c1-2-14(8-9-16)17-10-12-18(13-11-17)21(19,20)15-6-4-3-5-7-15/h3-7,14H,2,8-13,16H2,1H3. The SMILES string of the molecule is CCC(CCN)N1CCN(S(=O)(=O)c2ccccc2)CC1. The summed E-state index contributed by atoms with van der Waals surface area (Å²) < 4.78 is 26.7. The van der Waals surface area contributed by atoms with Gasteiger partial charge in [-0.25, -0.2) is 8.42 Å². The van der Waals surface area contributed by atoms with E-state index in [0.717, 1.165) is 25.9 Å². The fraction of sp³-hybridized carbons (Fsp3) is 0.600. The van der Waals surface area contributed by atoms with Gasteiger partial charge >= 0.3 is 0 Å². The Morgan fingerprint density at radius 1 is 1.14 bits per heavy atom. The average molecular weight is 311 g/mol. The third-order valence-corrected chi connectivity index (χ3v) is 6.05. The number of hydrogen-bond donors (Lipinski definition) is 1. The summed E-state index contributed by atoms with van der Waals surface area (Å²) in [4.78, 5) is 2.75. The zero-order chi connectivity index (χ0) is 15.3. The van der Waals surface area contributed by atoms with E-state index in [-0.39, 0.29) is 0 Å². The minimum absolute atomic E-state index is 0.382. The van der Waals surface area contributed by atoms with Crippen molar-refractivity contribution >= 4 is 10.0 Å². The van der Waals surface area contributed by atoms with Crippen LogP contribution in [-0.4, -0.2) is 56.4 Å². The van der Waals surface area contributed by atoms with Crippen molar-refractivity contribution < 1.29 is 8.42 Å². The third kappa shape index (κ3) is 3.83. The van der Waals surface area contributed by atoms with Crippen LogP contribution < -0.4 is 5.73 Å². The molecule has 0 aliphatic carbocycles. The zero-order valence-corrected chi connectivity index (χ0v) is 13.4. The minimum Gasteiger partial charge on any atom is -0.330 e. The van der Waals surface area contributed by atoms with E-state index in [2.05, 4.69) is 11.8 Å². The normalized spacial score (nSPS) is 19.5. The van der Waals surface area contributed by atoms with Gasteiger partial charge in [0.25, 0.3) is 0 Å². The predicted molar refractivity (Wildman–Crippen MR) is 84.5 cm³/mol. The lowest BCUT2D eigenvalue weighted by Crippen LogP contribution is -2.52. The Balaban J connectivity index is 2.01. The average Bonchev–Trinajstić information content (AvgIpc) is 2.53. The Kier molecular flexibility index (Phi) is 5.75. The molecular formula is C15H25N3O2S. The van der Waals surface area contributed by atoms with Crippen LogP contribution in [0.2, 0.25) is 0 Å². The lowest BCUT2D eigenvalue weighted by molar-refractivity contribution is 0.129. The molecule has 0 radical (unpaired) electrons. The molecular weight excluding hydrogens is 286 g/mol. The van der Waals surface area contributed by atoms with Crippen LogP contribution in [0.3, 0.4) is 0 Å². The Morgan fingerprint density at radius 2 is 1.76 bits per heavy atom. The second-order valence-corrected chi connectivity index (χ2v) is 7.33. The molecule has 5 nitrogen and oxygen atoms in total. The van der Waals surface area contributed by atoms with E-state index in [1.807, 2.05) is 6.07 Å². The van der Waals surface area contributed by atoms with Gasteiger partial charge in [0.15, 0.2) is 0 Å².